The highest BCUT2D eigenvalue weighted by Gasteiger charge is 2.35. The van der Waals surface area contributed by atoms with Crippen LogP contribution in [0.15, 0.2) is 89.7 Å². The second kappa shape index (κ2) is 9.60. The highest BCUT2D eigenvalue weighted by atomic mass is 35.5. The number of methoxy groups -OCH3 is 1. The van der Waals surface area contributed by atoms with Gasteiger partial charge in [0.1, 0.15) is 16.6 Å². The van der Waals surface area contributed by atoms with Crippen molar-refractivity contribution < 1.29 is 9.53 Å². The number of hydrogen-bond donors (Lipinski definition) is 1. The van der Waals surface area contributed by atoms with Crippen molar-refractivity contribution in [2.45, 2.75) is 13.1 Å². The minimum atomic E-state index is -0.459. The SMILES string of the molecule is COc1ccc(C=C2NC(c3ccccc3)N(N=Cc3cc4cc(C)ccc4nc3Cl)C2=O)cc1. The molecule has 1 atom stereocenters. The van der Waals surface area contributed by atoms with Gasteiger partial charge in [-0.3, -0.25) is 4.79 Å². The van der Waals surface area contributed by atoms with E-state index in [1.165, 1.54) is 5.01 Å². The molecule has 0 radical (unpaired) electrons. The smallest absolute Gasteiger partial charge is 0.292 e. The Kier molecular flexibility index (Phi) is 6.21. The second-order valence-corrected chi connectivity index (χ2v) is 8.61. The van der Waals surface area contributed by atoms with Crippen LogP contribution in [0.1, 0.15) is 28.4 Å². The number of aryl methyl sites for hydroxylation is 1. The molecule has 6 nitrogen and oxygen atoms in total. The molecule has 1 N–H and O–H groups in total. The van der Waals surface area contributed by atoms with Crippen molar-refractivity contribution >= 4 is 40.7 Å². The number of benzene rings is 3. The number of rotatable bonds is 5. The van der Waals surface area contributed by atoms with E-state index >= 15 is 0 Å². The lowest BCUT2D eigenvalue weighted by molar-refractivity contribution is -0.126. The van der Waals surface area contributed by atoms with Gasteiger partial charge in [0.05, 0.1) is 18.8 Å². The molecule has 2 heterocycles. The van der Waals surface area contributed by atoms with E-state index in [-0.39, 0.29) is 5.91 Å². The highest BCUT2D eigenvalue weighted by Crippen LogP contribution is 2.29. The Morgan fingerprint density at radius 3 is 2.57 bits per heavy atom. The Morgan fingerprint density at radius 1 is 1.06 bits per heavy atom. The van der Waals surface area contributed by atoms with Gasteiger partial charge in [-0.25, -0.2) is 9.99 Å². The Labute approximate surface area is 208 Å². The number of carbonyl (C=O) groups is 1. The van der Waals surface area contributed by atoms with Crippen molar-refractivity contribution in [2.75, 3.05) is 7.11 Å². The van der Waals surface area contributed by atoms with E-state index in [1.807, 2.05) is 85.8 Å². The maximum atomic E-state index is 13.4. The van der Waals surface area contributed by atoms with Gasteiger partial charge in [-0.2, -0.15) is 5.10 Å². The molecule has 1 aliphatic rings. The van der Waals surface area contributed by atoms with Crippen molar-refractivity contribution in [2.24, 2.45) is 5.10 Å². The summed E-state index contributed by atoms with van der Waals surface area (Å²) in [5.74, 6) is 0.508. The quantitative estimate of drug-likeness (QED) is 0.225. The summed E-state index contributed by atoms with van der Waals surface area (Å²) in [7, 11) is 1.62. The van der Waals surface area contributed by atoms with Crippen LogP contribution in [-0.2, 0) is 4.79 Å². The van der Waals surface area contributed by atoms with Crippen LogP contribution in [0.4, 0.5) is 0 Å². The predicted molar refractivity (Wildman–Crippen MR) is 139 cm³/mol. The number of hydrazone groups is 1. The lowest BCUT2D eigenvalue weighted by atomic mass is 10.1. The Balaban J connectivity index is 1.50. The van der Waals surface area contributed by atoms with Gasteiger partial charge >= 0.3 is 0 Å². The topological polar surface area (TPSA) is 66.8 Å². The average molecular weight is 483 g/mol. The molecule has 1 aromatic heterocycles. The molecule has 4 aromatic rings. The molecule has 3 aromatic carbocycles. The first-order valence-corrected chi connectivity index (χ1v) is 11.5. The first-order chi connectivity index (χ1) is 17.0. The predicted octanol–water partition coefficient (Wildman–Crippen LogP) is 5.71. The first-order valence-electron chi connectivity index (χ1n) is 11.1. The lowest BCUT2D eigenvalue weighted by Crippen LogP contribution is -2.25. The zero-order chi connectivity index (χ0) is 24.4. The molecule has 7 heteroatoms. The molecule has 1 unspecified atom stereocenters. The van der Waals surface area contributed by atoms with Crippen LogP contribution in [-0.4, -0.2) is 29.2 Å². The molecule has 35 heavy (non-hydrogen) atoms. The summed E-state index contributed by atoms with van der Waals surface area (Å²) in [6.45, 7) is 2.03. The molecular weight excluding hydrogens is 460 g/mol. The van der Waals surface area contributed by atoms with Crippen molar-refractivity contribution in [3.8, 4) is 5.75 Å². The van der Waals surface area contributed by atoms with Crippen LogP contribution in [0, 0.1) is 6.92 Å². The number of aromatic nitrogens is 1. The van der Waals surface area contributed by atoms with E-state index in [9.17, 15) is 4.79 Å². The Morgan fingerprint density at radius 2 is 1.83 bits per heavy atom. The molecule has 174 valence electrons. The molecular formula is C28H23ClN4O2. The van der Waals surface area contributed by atoms with Crippen LogP contribution < -0.4 is 10.1 Å². The van der Waals surface area contributed by atoms with Crippen LogP contribution in [0.2, 0.25) is 5.15 Å². The summed E-state index contributed by atoms with van der Waals surface area (Å²) in [6, 6.07) is 25.1. The number of carbonyl (C=O) groups excluding carboxylic acids is 1. The number of nitrogens with zero attached hydrogens (tertiary/aromatic N) is 3. The van der Waals surface area contributed by atoms with Gasteiger partial charge in [0.25, 0.3) is 5.91 Å². The number of halogens is 1. The van der Waals surface area contributed by atoms with E-state index in [1.54, 1.807) is 19.4 Å². The zero-order valence-electron chi connectivity index (χ0n) is 19.3. The lowest BCUT2D eigenvalue weighted by Gasteiger charge is -2.19. The molecule has 0 spiro atoms. The monoisotopic (exact) mass is 482 g/mol. The molecule has 0 bridgehead atoms. The number of nitrogens with one attached hydrogen (secondary N) is 1. The number of fused-ring (bicyclic) bond motifs is 1. The molecule has 1 aliphatic heterocycles. The molecule has 1 amide bonds. The van der Waals surface area contributed by atoms with Crippen LogP contribution in [0.5, 0.6) is 5.75 Å². The molecule has 1 saturated heterocycles. The van der Waals surface area contributed by atoms with Crippen LogP contribution >= 0.6 is 11.6 Å². The minimum Gasteiger partial charge on any atom is -0.497 e. The van der Waals surface area contributed by atoms with Gasteiger partial charge in [0, 0.05) is 10.9 Å². The van der Waals surface area contributed by atoms with Crippen LogP contribution in [0.3, 0.4) is 0 Å². The second-order valence-electron chi connectivity index (χ2n) is 8.25. The average Bonchev–Trinajstić information content (AvgIpc) is 3.18. The third kappa shape index (κ3) is 4.74. The van der Waals surface area contributed by atoms with Crippen molar-refractivity contribution in [1.82, 2.24) is 15.3 Å². The summed E-state index contributed by atoms with van der Waals surface area (Å²) >= 11 is 6.44. The largest absolute Gasteiger partial charge is 0.497 e. The van der Waals surface area contributed by atoms with E-state index in [4.69, 9.17) is 16.3 Å². The van der Waals surface area contributed by atoms with Gasteiger partial charge in [-0.1, -0.05) is 65.7 Å². The fourth-order valence-corrected chi connectivity index (χ4v) is 4.16. The number of pyridine rings is 1. The first kappa shape index (κ1) is 22.6. The van der Waals surface area contributed by atoms with Gasteiger partial charge < -0.3 is 10.1 Å². The summed E-state index contributed by atoms with van der Waals surface area (Å²) in [6.07, 6.45) is 2.93. The van der Waals surface area contributed by atoms with E-state index in [0.29, 0.717) is 16.4 Å². The van der Waals surface area contributed by atoms with Crippen molar-refractivity contribution in [3.05, 3.63) is 112 Å². The van der Waals surface area contributed by atoms with Crippen LogP contribution in [0.25, 0.3) is 17.0 Å². The van der Waals surface area contributed by atoms with E-state index in [0.717, 1.165) is 33.3 Å². The van der Waals surface area contributed by atoms with Gasteiger partial charge in [0.2, 0.25) is 0 Å². The van der Waals surface area contributed by atoms with Gasteiger partial charge in [-0.05, 0) is 54.5 Å². The van der Waals surface area contributed by atoms with Gasteiger partial charge in [0.15, 0.2) is 6.17 Å². The Hall–Kier alpha value is -4.16. The molecule has 1 fully saturated rings. The number of hydrogen-bond acceptors (Lipinski definition) is 5. The Bertz CT molecular complexity index is 1450. The summed E-state index contributed by atoms with van der Waals surface area (Å²) in [5.41, 5.74) is 4.80. The maximum Gasteiger partial charge on any atom is 0.292 e. The summed E-state index contributed by atoms with van der Waals surface area (Å²) in [4.78, 5) is 17.9. The standard InChI is InChI=1S/C28H23ClN4O2/c1-18-8-13-24-21(14-18)16-22(26(29)31-24)17-30-33-27(20-6-4-3-5-7-20)32-25(28(33)34)15-19-9-11-23(35-2)12-10-19/h3-17,27,32H,1-2H3. The van der Waals surface area contributed by atoms with E-state index < -0.39 is 6.17 Å². The van der Waals surface area contributed by atoms with Crippen molar-refractivity contribution in [3.63, 3.8) is 0 Å². The molecule has 5 rings (SSSR count). The normalized spacial score (nSPS) is 16.9. The summed E-state index contributed by atoms with van der Waals surface area (Å²) in [5, 5.41) is 10.6. The maximum absolute atomic E-state index is 13.4. The molecule has 0 aliphatic carbocycles. The fraction of sp³-hybridized carbons (Fsp3) is 0.107. The third-order valence-corrected chi connectivity index (χ3v) is 6.09. The molecule has 0 saturated carbocycles. The van der Waals surface area contributed by atoms with Crippen molar-refractivity contribution in [1.29, 1.82) is 0 Å². The van der Waals surface area contributed by atoms with Gasteiger partial charge in [-0.15, -0.1) is 0 Å². The third-order valence-electron chi connectivity index (χ3n) is 5.79. The fourth-order valence-electron chi connectivity index (χ4n) is 3.96. The highest BCUT2D eigenvalue weighted by molar-refractivity contribution is 6.32. The minimum absolute atomic E-state index is 0.244. The number of ether oxygens (including phenoxy) is 1. The summed E-state index contributed by atoms with van der Waals surface area (Å²) < 4.78 is 5.22. The zero-order valence-corrected chi connectivity index (χ0v) is 20.0. The number of amides is 1. The van der Waals surface area contributed by atoms with E-state index in [2.05, 4.69) is 15.4 Å².